The quantitative estimate of drug-likeness (QED) is 0.876. The average molecular weight is 304 g/mol. The molecule has 0 heterocycles. The number of para-hydroxylation sites is 1. The number of carbonyl (C=O) groups excluding carboxylic acids is 1. The molecular formula is C17H18F2N2O. The van der Waals surface area contributed by atoms with Crippen molar-refractivity contribution < 1.29 is 13.6 Å². The van der Waals surface area contributed by atoms with Crippen molar-refractivity contribution in [1.29, 1.82) is 0 Å². The van der Waals surface area contributed by atoms with E-state index in [1.165, 1.54) is 6.07 Å². The number of benzene rings is 2. The average Bonchev–Trinajstić information content (AvgIpc) is 2.45. The van der Waals surface area contributed by atoms with Crippen LogP contribution in [0.1, 0.15) is 17.5 Å². The van der Waals surface area contributed by atoms with E-state index < -0.39 is 23.2 Å². The number of halogens is 2. The molecule has 2 aromatic carbocycles. The summed E-state index contributed by atoms with van der Waals surface area (Å²) >= 11 is 0. The van der Waals surface area contributed by atoms with Crippen LogP contribution in [-0.2, 0) is 4.79 Å². The highest BCUT2D eigenvalue weighted by Gasteiger charge is 2.11. The van der Waals surface area contributed by atoms with Gasteiger partial charge in [0.25, 0.3) is 0 Å². The van der Waals surface area contributed by atoms with E-state index in [9.17, 15) is 13.6 Å². The molecule has 0 radical (unpaired) electrons. The molecule has 0 atom stereocenters. The maximum atomic E-state index is 13.4. The Hall–Kier alpha value is -2.43. The van der Waals surface area contributed by atoms with Crippen LogP contribution in [-0.4, -0.2) is 12.5 Å². The van der Waals surface area contributed by atoms with Crippen molar-refractivity contribution in [2.75, 3.05) is 17.2 Å². The van der Waals surface area contributed by atoms with Crippen molar-refractivity contribution in [2.45, 2.75) is 20.3 Å². The van der Waals surface area contributed by atoms with Crippen molar-refractivity contribution in [2.24, 2.45) is 0 Å². The maximum absolute atomic E-state index is 13.4. The highest BCUT2D eigenvalue weighted by Crippen LogP contribution is 2.18. The summed E-state index contributed by atoms with van der Waals surface area (Å²) in [6.45, 7) is 4.36. The molecule has 5 heteroatoms. The molecule has 0 unspecified atom stereocenters. The number of hydrogen-bond donors (Lipinski definition) is 2. The smallest absolute Gasteiger partial charge is 0.226 e. The number of nitrogens with one attached hydrogen (secondary N) is 2. The summed E-state index contributed by atoms with van der Waals surface area (Å²) in [6, 6.07) is 9.42. The lowest BCUT2D eigenvalue weighted by Gasteiger charge is -2.11. The van der Waals surface area contributed by atoms with Gasteiger partial charge in [-0.15, -0.1) is 0 Å². The first-order valence-electron chi connectivity index (χ1n) is 7.02. The van der Waals surface area contributed by atoms with Crippen LogP contribution in [0.5, 0.6) is 0 Å². The lowest BCUT2D eigenvalue weighted by Crippen LogP contribution is -2.18. The molecule has 3 nitrogen and oxygen atoms in total. The monoisotopic (exact) mass is 304 g/mol. The van der Waals surface area contributed by atoms with Gasteiger partial charge in [0.15, 0.2) is 0 Å². The molecule has 0 aliphatic rings. The van der Waals surface area contributed by atoms with Crippen molar-refractivity contribution in [3.63, 3.8) is 0 Å². The molecule has 116 valence electrons. The van der Waals surface area contributed by atoms with E-state index in [0.29, 0.717) is 6.54 Å². The summed E-state index contributed by atoms with van der Waals surface area (Å²) in [7, 11) is 0. The second kappa shape index (κ2) is 7.02. The summed E-state index contributed by atoms with van der Waals surface area (Å²) in [5.74, 6) is -2.01. The minimum atomic E-state index is -0.782. The number of aryl methyl sites for hydroxylation is 2. The first-order chi connectivity index (χ1) is 10.5. The maximum Gasteiger partial charge on any atom is 0.226 e. The predicted octanol–water partition coefficient (Wildman–Crippen LogP) is 4.02. The zero-order valence-electron chi connectivity index (χ0n) is 12.5. The first kappa shape index (κ1) is 15.9. The molecule has 0 bridgehead atoms. The van der Waals surface area contributed by atoms with Crippen molar-refractivity contribution in [1.82, 2.24) is 0 Å². The van der Waals surface area contributed by atoms with Gasteiger partial charge < -0.3 is 10.6 Å². The summed E-state index contributed by atoms with van der Waals surface area (Å²) in [4.78, 5) is 11.8. The van der Waals surface area contributed by atoms with E-state index in [0.717, 1.165) is 28.9 Å². The van der Waals surface area contributed by atoms with Gasteiger partial charge in [-0.3, -0.25) is 4.79 Å². The van der Waals surface area contributed by atoms with Crippen molar-refractivity contribution in [3.8, 4) is 0 Å². The van der Waals surface area contributed by atoms with Crippen LogP contribution in [0.15, 0.2) is 36.4 Å². The lowest BCUT2D eigenvalue weighted by molar-refractivity contribution is -0.116. The van der Waals surface area contributed by atoms with Crippen LogP contribution in [0.4, 0.5) is 20.2 Å². The van der Waals surface area contributed by atoms with E-state index in [-0.39, 0.29) is 6.42 Å². The number of hydrogen-bond acceptors (Lipinski definition) is 2. The molecule has 2 N–H and O–H groups in total. The molecule has 0 saturated heterocycles. The van der Waals surface area contributed by atoms with Gasteiger partial charge >= 0.3 is 0 Å². The first-order valence-corrected chi connectivity index (χ1v) is 7.02. The molecule has 2 aromatic rings. The normalized spacial score (nSPS) is 10.4. The fourth-order valence-corrected chi connectivity index (χ4v) is 2.14. The van der Waals surface area contributed by atoms with E-state index in [2.05, 4.69) is 10.6 Å². The Morgan fingerprint density at radius 2 is 1.77 bits per heavy atom. The molecule has 0 spiro atoms. The topological polar surface area (TPSA) is 41.1 Å². The number of carbonyl (C=O) groups is 1. The molecule has 0 aliphatic heterocycles. The highest BCUT2D eigenvalue weighted by atomic mass is 19.1. The molecule has 1 amide bonds. The number of amides is 1. The van der Waals surface area contributed by atoms with E-state index in [1.807, 2.05) is 32.0 Å². The third-order valence-electron chi connectivity index (χ3n) is 3.28. The Morgan fingerprint density at radius 1 is 1.09 bits per heavy atom. The Morgan fingerprint density at radius 3 is 2.41 bits per heavy atom. The second-order valence-electron chi connectivity index (χ2n) is 5.14. The van der Waals surface area contributed by atoms with Gasteiger partial charge in [-0.1, -0.05) is 23.8 Å². The molecule has 2 rings (SSSR count). The van der Waals surface area contributed by atoms with Crippen LogP contribution in [0.3, 0.4) is 0 Å². The van der Waals surface area contributed by atoms with Crippen molar-refractivity contribution in [3.05, 3.63) is 59.2 Å². The summed E-state index contributed by atoms with van der Waals surface area (Å²) < 4.78 is 26.8. The molecule has 0 aliphatic carbocycles. The van der Waals surface area contributed by atoms with Crippen LogP contribution in [0, 0.1) is 25.5 Å². The Balaban J connectivity index is 1.88. The molecule has 22 heavy (non-hydrogen) atoms. The van der Waals surface area contributed by atoms with Crippen LogP contribution in [0.2, 0.25) is 0 Å². The molecule has 0 aromatic heterocycles. The van der Waals surface area contributed by atoms with Crippen LogP contribution >= 0.6 is 0 Å². The second-order valence-corrected chi connectivity index (χ2v) is 5.14. The number of rotatable bonds is 5. The van der Waals surface area contributed by atoms with E-state index >= 15 is 0 Å². The summed E-state index contributed by atoms with van der Waals surface area (Å²) in [6.07, 6.45) is 0.112. The van der Waals surface area contributed by atoms with Gasteiger partial charge in [-0.2, -0.15) is 0 Å². The highest BCUT2D eigenvalue weighted by molar-refractivity contribution is 5.91. The Labute approximate surface area is 128 Å². The van der Waals surface area contributed by atoms with Gasteiger partial charge in [-0.05, 0) is 37.6 Å². The zero-order valence-corrected chi connectivity index (χ0v) is 12.5. The number of anilines is 2. The largest absolute Gasteiger partial charge is 0.384 e. The minimum Gasteiger partial charge on any atom is -0.384 e. The van der Waals surface area contributed by atoms with Gasteiger partial charge in [-0.25, -0.2) is 8.78 Å². The predicted molar refractivity (Wildman–Crippen MR) is 84.0 cm³/mol. The van der Waals surface area contributed by atoms with Gasteiger partial charge in [0.1, 0.15) is 17.3 Å². The third kappa shape index (κ3) is 4.04. The van der Waals surface area contributed by atoms with Crippen LogP contribution < -0.4 is 10.6 Å². The SMILES string of the molecule is Cc1ccc(NCCC(=O)Nc2c(F)cccc2F)c(C)c1. The van der Waals surface area contributed by atoms with Gasteiger partial charge in [0, 0.05) is 18.7 Å². The summed E-state index contributed by atoms with van der Waals surface area (Å²) in [5, 5.41) is 5.40. The lowest BCUT2D eigenvalue weighted by atomic mass is 10.1. The Bertz CT molecular complexity index is 666. The van der Waals surface area contributed by atoms with E-state index in [4.69, 9.17) is 0 Å². The molecule has 0 fully saturated rings. The summed E-state index contributed by atoms with van der Waals surface area (Å²) in [5.41, 5.74) is 2.78. The fourth-order valence-electron chi connectivity index (χ4n) is 2.14. The van der Waals surface area contributed by atoms with Crippen molar-refractivity contribution >= 4 is 17.3 Å². The molecular weight excluding hydrogens is 286 g/mol. The third-order valence-corrected chi connectivity index (χ3v) is 3.28. The zero-order chi connectivity index (χ0) is 16.1. The fraction of sp³-hybridized carbons (Fsp3) is 0.235. The minimum absolute atomic E-state index is 0.112. The molecule has 0 saturated carbocycles. The standard InChI is InChI=1S/C17H18F2N2O/c1-11-6-7-15(12(2)10-11)20-9-8-16(22)21-17-13(18)4-3-5-14(17)19/h3-7,10,20H,8-9H2,1-2H3,(H,21,22). The van der Waals surface area contributed by atoms with Gasteiger partial charge in [0.05, 0.1) is 0 Å². The van der Waals surface area contributed by atoms with Crippen LogP contribution in [0.25, 0.3) is 0 Å². The van der Waals surface area contributed by atoms with Gasteiger partial charge in [0.2, 0.25) is 5.91 Å². The Kier molecular flexibility index (Phi) is 5.09. The van der Waals surface area contributed by atoms with E-state index in [1.54, 1.807) is 0 Å².